The summed E-state index contributed by atoms with van der Waals surface area (Å²) in [5.74, 6) is 0.517. The van der Waals surface area contributed by atoms with Crippen molar-refractivity contribution in [3.63, 3.8) is 0 Å². The van der Waals surface area contributed by atoms with E-state index in [1.165, 1.54) is 0 Å². The van der Waals surface area contributed by atoms with Gasteiger partial charge in [-0.05, 0) is 52.9 Å². The topological polar surface area (TPSA) is 67.9 Å². The van der Waals surface area contributed by atoms with Crippen molar-refractivity contribution in [1.29, 1.82) is 0 Å². The Morgan fingerprint density at radius 2 is 2.22 bits per heavy atom. The van der Waals surface area contributed by atoms with Crippen LogP contribution in [0.4, 0.5) is 5.69 Å². The molecule has 0 saturated carbocycles. The minimum atomic E-state index is -0.177. The largest absolute Gasteiger partial charge is 0.482 e. The van der Waals surface area contributed by atoms with Crippen molar-refractivity contribution in [1.82, 2.24) is 4.90 Å². The van der Waals surface area contributed by atoms with Gasteiger partial charge < -0.3 is 19.7 Å². The van der Waals surface area contributed by atoms with E-state index in [2.05, 4.69) is 10.7 Å². The van der Waals surface area contributed by atoms with E-state index in [0.717, 1.165) is 30.6 Å². The average Bonchev–Trinajstić information content (AvgIpc) is 3.35. The Morgan fingerprint density at radius 3 is 3.00 bits per heavy atom. The number of benzene rings is 1. The quantitative estimate of drug-likeness (QED) is 0.829. The molecule has 3 heterocycles. The lowest BCUT2D eigenvalue weighted by molar-refractivity contribution is -0.132. The first kappa shape index (κ1) is 18.0. The monoisotopic (exact) mass is 386 g/mol. The third-order valence-corrected chi connectivity index (χ3v) is 5.52. The number of nitrogens with zero attached hydrogens (tertiary/aromatic N) is 1. The molecule has 0 bridgehead atoms. The molecule has 2 aliphatic rings. The summed E-state index contributed by atoms with van der Waals surface area (Å²) in [6, 6.07) is 7.55. The van der Waals surface area contributed by atoms with Gasteiger partial charge in [0, 0.05) is 19.7 Å². The van der Waals surface area contributed by atoms with Gasteiger partial charge in [0.05, 0.1) is 18.2 Å². The fourth-order valence-electron chi connectivity index (χ4n) is 3.42. The molecule has 4 rings (SSSR count). The maximum absolute atomic E-state index is 13.0. The summed E-state index contributed by atoms with van der Waals surface area (Å²) in [5, 5.41) is 6.89. The second-order valence-corrected chi connectivity index (χ2v) is 7.67. The van der Waals surface area contributed by atoms with Gasteiger partial charge in [0.25, 0.3) is 5.91 Å². The zero-order valence-corrected chi connectivity index (χ0v) is 15.8. The van der Waals surface area contributed by atoms with Crippen LogP contribution >= 0.6 is 11.3 Å². The molecule has 6 nitrogen and oxygen atoms in total. The fourth-order valence-corrected chi connectivity index (χ4v) is 4.08. The van der Waals surface area contributed by atoms with Gasteiger partial charge in [-0.25, -0.2) is 0 Å². The number of hydrogen-bond donors (Lipinski definition) is 1. The lowest BCUT2D eigenvalue weighted by atomic mass is 10.1. The van der Waals surface area contributed by atoms with Crippen LogP contribution in [0.25, 0.3) is 0 Å². The summed E-state index contributed by atoms with van der Waals surface area (Å²) in [7, 11) is 0. The third kappa shape index (κ3) is 4.48. The Kier molecular flexibility index (Phi) is 5.40. The lowest BCUT2D eigenvalue weighted by Gasteiger charge is -2.26. The van der Waals surface area contributed by atoms with E-state index in [0.29, 0.717) is 24.5 Å². The number of fused-ring (bicyclic) bond motifs is 1. The van der Waals surface area contributed by atoms with Gasteiger partial charge in [-0.1, -0.05) is 6.07 Å². The van der Waals surface area contributed by atoms with Crippen molar-refractivity contribution in [3.05, 3.63) is 46.2 Å². The fraction of sp³-hybridized carbons (Fsp3) is 0.400. The summed E-state index contributed by atoms with van der Waals surface area (Å²) in [6.07, 6.45) is 2.44. The average molecular weight is 386 g/mol. The Bertz CT molecular complexity index is 815. The van der Waals surface area contributed by atoms with Gasteiger partial charge in [0.2, 0.25) is 5.91 Å². The first-order valence-corrected chi connectivity index (χ1v) is 10.1. The molecule has 1 saturated heterocycles. The highest BCUT2D eigenvalue weighted by Gasteiger charge is 2.24. The molecule has 7 heteroatoms. The molecule has 27 heavy (non-hydrogen) atoms. The molecule has 0 aliphatic carbocycles. The van der Waals surface area contributed by atoms with Gasteiger partial charge in [0.1, 0.15) is 5.75 Å². The molecule has 1 atom stereocenters. The smallest absolute Gasteiger partial charge is 0.262 e. The van der Waals surface area contributed by atoms with Crippen molar-refractivity contribution in [2.24, 2.45) is 0 Å². The number of thiophene rings is 1. The molecular weight excluding hydrogens is 364 g/mol. The predicted octanol–water partition coefficient (Wildman–Crippen LogP) is 2.83. The van der Waals surface area contributed by atoms with Crippen molar-refractivity contribution < 1.29 is 19.1 Å². The van der Waals surface area contributed by atoms with Crippen molar-refractivity contribution in [3.8, 4) is 5.75 Å². The van der Waals surface area contributed by atoms with Gasteiger partial charge >= 0.3 is 0 Å². The van der Waals surface area contributed by atoms with Crippen LogP contribution in [-0.2, 0) is 27.3 Å². The summed E-state index contributed by atoms with van der Waals surface area (Å²) in [6.45, 7) is 2.00. The minimum absolute atomic E-state index is 0.0289. The predicted molar refractivity (Wildman–Crippen MR) is 103 cm³/mol. The van der Waals surface area contributed by atoms with E-state index in [1.54, 1.807) is 17.4 Å². The number of anilines is 1. The summed E-state index contributed by atoms with van der Waals surface area (Å²) in [5.41, 5.74) is 2.62. The Labute approximate surface area is 162 Å². The number of carbonyl (C=O) groups excluding carboxylic acids is 2. The van der Waals surface area contributed by atoms with Gasteiger partial charge in [0.15, 0.2) is 6.61 Å². The van der Waals surface area contributed by atoms with E-state index in [9.17, 15) is 9.59 Å². The molecule has 2 aliphatic heterocycles. The summed E-state index contributed by atoms with van der Waals surface area (Å²) < 4.78 is 11.1. The molecule has 1 aromatic carbocycles. The lowest BCUT2D eigenvalue weighted by Crippen LogP contribution is -2.37. The highest BCUT2D eigenvalue weighted by molar-refractivity contribution is 7.07. The molecular formula is C20H22N2O4S. The zero-order chi connectivity index (χ0) is 18.6. The number of hydrogen-bond acceptors (Lipinski definition) is 5. The highest BCUT2D eigenvalue weighted by Crippen LogP contribution is 2.29. The SMILES string of the molecule is O=C1COc2ccc(CC(=O)N(Cc3ccsc3)C[C@H]3CCCO3)cc2N1. The minimum Gasteiger partial charge on any atom is -0.482 e. The number of rotatable bonds is 6. The van der Waals surface area contributed by atoms with E-state index < -0.39 is 0 Å². The van der Waals surface area contributed by atoms with E-state index in [1.807, 2.05) is 28.5 Å². The zero-order valence-electron chi connectivity index (χ0n) is 15.0. The molecule has 0 spiro atoms. The second kappa shape index (κ2) is 8.10. The number of carbonyl (C=O) groups is 2. The van der Waals surface area contributed by atoms with Crippen LogP contribution in [0.15, 0.2) is 35.0 Å². The molecule has 1 N–H and O–H groups in total. The Balaban J connectivity index is 1.47. The Morgan fingerprint density at radius 1 is 1.30 bits per heavy atom. The van der Waals surface area contributed by atoms with Gasteiger partial charge in [-0.3, -0.25) is 9.59 Å². The van der Waals surface area contributed by atoms with Crippen LogP contribution in [0.3, 0.4) is 0 Å². The number of nitrogens with one attached hydrogen (secondary N) is 1. The first-order valence-electron chi connectivity index (χ1n) is 9.13. The first-order chi connectivity index (χ1) is 13.2. The normalized spacial score (nSPS) is 18.5. The highest BCUT2D eigenvalue weighted by atomic mass is 32.1. The summed E-state index contributed by atoms with van der Waals surface area (Å²) in [4.78, 5) is 26.4. The van der Waals surface area contributed by atoms with Crippen LogP contribution in [0.2, 0.25) is 0 Å². The van der Waals surface area contributed by atoms with E-state index in [4.69, 9.17) is 9.47 Å². The van der Waals surface area contributed by atoms with Gasteiger partial charge in [-0.15, -0.1) is 0 Å². The molecule has 0 radical (unpaired) electrons. The molecule has 2 amide bonds. The van der Waals surface area contributed by atoms with Crippen molar-refractivity contribution in [2.45, 2.75) is 31.9 Å². The second-order valence-electron chi connectivity index (χ2n) is 6.89. The van der Waals surface area contributed by atoms with Crippen LogP contribution < -0.4 is 10.1 Å². The van der Waals surface area contributed by atoms with Crippen LogP contribution in [0, 0.1) is 0 Å². The third-order valence-electron chi connectivity index (χ3n) is 4.79. The van der Waals surface area contributed by atoms with Crippen LogP contribution in [-0.4, -0.2) is 42.6 Å². The molecule has 0 unspecified atom stereocenters. The van der Waals surface area contributed by atoms with Gasteiger partial charge in [-0.2, -0.15) is 11.3 Å². The van der Waals surface area contributed by atoms with Crippen LogP contribution in [0.1, 0.15) is 24.0 Å². The maximum atomic E-state index is 13.0. The van der Waals surface area contributed by atoms with E-state index >= 15 is 0 Å². The molecule has 2 aromatic rings. The Hall–Kier alpha value is -2.38. The molecule has 1 fully saturated rings. The standard InChI is InChI=1S/C20H22N2O4S/c23-19-12-26-18-4-3-14(8-17(18)21-19)9-20(24)22(10-15-5-7-27-13-15)11-16-2-1-6-25-16/h3-5,7-8,13,16H,1-2,6,9-12H2,(H,21,23)/t16-/m1/s1. The molecule has 1 aromatic heterocycles. The maximum Gasteiger partial charge on any atom is 0.262 e. The van der Waals surface area contributed by atoms with Crippen molar-refractivity contribution >= 4 is 28.8 Å². The summed E-state index contributed by atoms with van der Waals surface area (Å²) >= 11 is 1.63. The van der Waals surface area contributed by atoms with Crippen molar-refractivity contribution in [2.75, 3.05) is 25.1 Å². The number of ether oxygens (including phenoxy) is 2. The number of amides is 2. The van der Waals surface area contributed by atoms with Crippen LogP contribution in [0.5, 0.6) is 5.75 Å². The molecule has 142 valence electrons. The van der Waals surface area contributed by atoms with E-state index in [-0.39, 0.29) is 30.9 Å².